The summed E-state index contributed by atoms with van der Waals surface area (Å²) in [6.45, 7) is 1.52. The molecule has 0 fully saturated rings. The number of nitrogens with zero attached hydrogens (tertiary/aromatic N) is 2. The van der Waals surface area contributed by atoms with E-state index in [1.54, 1.807) is 0 Å². The van der Waals surface area contributed by atoms with Gasteiger partial charge < -0.3 is 15.5 Å². The van der Waals surface area contributed by atoms with Gasteiger partial charge in [0.25, 0.3) is 0 Å². The van der Waals surface area contributed by atoms with Gasteiger partial charge in [0.2, 0.25) is 5.82 Å². The Morgan fingerprint density at radius 1 is 1.65 bits per heavy atom. The lowest BCUT2D eigenvalue weighted by Crippen LogP contribution is -2.17. The summed E-state index contributed by atoms with van der Waals surface area (Å²) in [6, 6.07) is 2.11. The van der Waals surface area contributed by atoms with Crippen LogP contribution in [0.1, 0.15) is 17.4 Å². The maximum atomic E-state index is 10.7. The largest absolute Gasteiger partial charge is 0.477 e. The molecule has 1 aromatic rings. The van der Waals surface area contributed by atoms with Crippen LogP contribution in [0.3, 0.4) is 0 Å². The minimum atomic E-state index is -1.28. The first kappa shape index (κ1) is 12.8. The number of aromatic nitrogens is 1. The van der Waals surface area contributed by atoms with Gasteiger partial charge in [-0.15, -0.1) is 0 Å². The Morgan fingerprint density at radius 2 is 2.29 bits per heavy atom. The number of aromatic carboxylic acids is 1. The van der Waals surface area contributed by atoms with E-state index < -0.39 is 17.0 Å². The highest BCUT2D eigenvalue weighted by Gasteiger charge is 2.18. The zero-order valence-corrected chi connectivity index (χ0v) is 8.95. The molecule has 0 aliphatic heterocycles. The number of carboxylic acids is 1. The number of nitro groups is 1. The molecule has 0 saturated heterocycles. The van der Waals surface area contributed by atoms with Crippen molar-refractivity contribution in [3.05, 3.63) is 27.9 Å². The quantitative estimate of drug-likeness (QED) is 0.505. The Hall–Kier alpha value is -2.22. The summed E-state index contributed by atoms with van der Waals surface area (Å²) < 4.78 is 0. The summed E-state index contributed by atoms with van der Waals surface area (Å²) in [5.41, 5.74) is -0.639. The van der Waals surface area contributed by atoms with E-state index in [9.17, 15) is 14.9 Å². The molecule has 0 saturated carbocycles. The van der Waals surface area contributed by atoms with E-state index in [4.69, 9.17) is 10.2 Å². The molecule has 0 amide bonds. The number of nitrogens with one attached hydrogen (secondary N) is 1. The van der Waals surface area contributed by atoms with Gasteiger partial charge in [-0.1, -0.05) is 0 Å². The summed E-state index contributed by atoms with van der Waals surface area (Å²) in [4.78, 5) is 24.3. The van der Waals surface area contributed by atoms with Crippen LogP contribution in [-0.2, 0) is 0 Å². The molecule has 3 N–H and O–H groups in total. The molecule has 0 radical (unpaired) electrons. The highest BCUT2D eigenvalue weighted by atomic mass is 16.6. The molecule has 1 aromatic heterocycles. The SMILES string of the molecule is CC(O)CNc1nc(C(=O)O)ccc1[N+](=O)[O-]. The van der Waals surface area contributed by atoms with Crippen LogP contribution in [0.4, 0.5) is 11.5 Å². The van der Waals surface area contributed by atoms with Crippen molar-refractivity contribution in [1.29, 1.82) is 0 Å². The molecule has 0 bridgehead atoms. The second-order valence-electron chi connectivity index (χ2n) is 3.36. The van der Waals surface area contributed by atoms with Crippen LogP contribution in [-0.4, -0.2) is 38.7 Å². The first-order chi connectivity index (χ1) is 7.91. The van der Waals surface area contributed by atoms with Gasteiger partial charge in [-0.25, -0.2) is 9.78 Å². The second kappa shape index (κ2) is 5.21. The van der Waals surface area contributed by atoms with Crippen molar-refractivity contribution in [3.8, 4) is 0 Å². The predicted octanol–water partition coefficient (Wildman–Crippen LogP) is 0.481. The van der Waals surface area contributed by atoms with E-state index in [2.05, 4.69) is 10.3 Å². The van der Waals surface area contributed by atoms with E-state index >= 15 is 0 Å². The minimum Gasteiger partial charge on any atom is -0.477 e. The second-order valence-corrected chi connectivity index (χ2v) is 3.36. The zero-order chi connectivity index (χ0) is 13.0. The fourth-order valence-corrected chi connectivity index (χ4v) is 1.09. The molecule has 0 aromatic carbocycles. The maximum absolute atomic E-state index is 10.7. The summed E-state index contributed by atoms with van der Waals surface area (Å²) >= 11 is 0. The van der Waals surface area contributed by atoms with Crippen LogP contribution < -0.4 is 5.32 Å². The predicted molar refractivity (Wildman–Crippen MR) is 58.0 cm³/mol. The molecule has 0 spiro atoms. The number of anilines is 1. The van der Waals surface area contributed by atoms with Gasteiger partial charge in [-0.3, -0.25) is 10.1 Å². The van der Waals surface area contributed by atoms with Gasteiger partial charge in [0.15, 0.2) is 5.69 Å². The normalized spacial score (nSPS) is 11.9. The zero-order valence-electron chi connectivity index (χ0n) is 8.95. The molecular weight excluding hydrogens is 230 g/mol. The number of carbonyl (C=O) groups is 1. The molecule has 17 heavy (non-hydrogen) atoms. The van der Waals surface area contributed by atoms with Crippen molar-refractivity contribution >= 4 is 17.5 Å². The van der Waals surface area contributed by atoms with Crippen molar-refractivity contribution in [2.45, 2.75) is 13.0 Å². The molecule has 1 rings (SSSR count). The number of rotatable bonds is 5. The lowest BCUT2D eigenvalue weighted by Gasteiger charge is -2.08. The highest BCUT2D eigenvalue weighted by Crippen LogP contribution is 2.21. The smallest absolute Gasteiger partial charge is 0.354 e. The fourth-order valence-electron chi connectivity index (χ4n) is 1.09. The topological polar surface area (TPSA) is 126 Å². The van der Waals surface area contributed by atoms with Crippen molar-refractivity contribution in [1.82, 2.24) is 4.98 Å². The third-order valence-corrected chi connectivity index (χ3v) is 1.85. The summed E-state index contributed by atoms with van der Waals surface area (Å²) in [6.07, 6.45) is -0.732. The molecule has 1 unspecified atom stereocenters. The lowest BCUT2D eigenvalue weighted by atomic mass is 10.3. The minimum absolute atomic E-state index is 0.0386. The summed E-state index contributed by atoms with van der Waals surface area (Å²) in [7, 11) is 0. The Labute approximate surface area is 96.1 Å². The van der Waals surface area contributed by atoms with Crippen LogP contribution in [0, 0.1) is 10.1 Å². The Kier molecular flexibility index (Phi) is 3.94. The summed E-state index contributed by atoms with van der Waals surface area (Å²) in [5.74, 6) is -1.45. The number of hydrogen-bond acceptors (Lipinski definition) is 6. The van der Waals surface area contributed by atoms with E-state index in [-0.39, 0.29) is 23.7 Å². The molecule has 8 heteroatoms. The van der Waals surface area contributed by atoms with Crippen molar-refractivity contribution in [3.63, 3.8) is 0 Å². The van der Waals surface area contributed by atoms with Crippen molar-refractivity contribution in [2.75, 3.05) is 11.9 Å². The average Bonchev–Trinajstić information content (AvgIpc) is 2.25. The lowest BCUT2D eigenvalue weighted by molar-refractivity contribution is -0.384. The molecule has 0 aliphatic carbocycles. The first-order valence-corrected chi connectivity index (χ1v) is 4.72. The van der Waals surface area contributed by atoms with E-state index in [1.807, 2.05) is 0 Å². The Bertz CT molecular complexity index is 446. The number of aliphatic hydroxyl groups is 1. The third kappa shape index (κ3) is 3.38. The van der Waals surface area contributed by atoms with Crippen LogP contribution in [0.25, 0.3) is 0 Å². The standard InChI is InChI=1S/C9H11N3O5/c1-5(13)4-10-8-7(12(16)17)3-2-6(11-8)9(14)15/h2-3,5,13H,4H2,1H3,(H,10,11)(H,14,15). The molecule has 1 heterocycles. The Balaban J connectivity index is 3.07. The van der Waals surface area contributed by atoms with Crippen LogP contribution >= 0.6 is 0 Å². The van der Waals surface area contributed by atoms with Crippen LogP contribution in [0.2, 0.25) is 0 Å². The molecule has 92 valence electrons. The highest BCUT2D eigenvalue weighted by molar-refractivity contribution is 5.86. The number of carboxylic acid groups (broad SMARTS) is 1. The van der Waals surface area contributed by atoms with Gasteiger partial charge in [-0.2, -0.15) is 0 Å². The van der Waals surface area contributed by atoms with Gasteiger partial charge in [0.1, 0.15) is 0 Å². The average molecular weight is 241 g/mol. The van der Waals surface area contributed by atoms with Crippen molar-refractivity contribution < 1.29 is 19.9 Å². The van der Waals surface area contributed by atoms with Crippen LogP contribution in [0.5, 0.6) is 0 Å². The van der Waals surface area contributed by atoms with E-state index in [0.717, 1.165) is 12.1 Å². The van der Waals surface area contributed by atoms with Gasteiger partial charge >= 0.3 is 11.7 Å². The number of hydrogen-bond donors (Lipinski definition) is 3. The molecular formula is C9H11N3O5. The molecule has 8 nitrogen and oxygen atoms in total. The monoisotopic (exact) mass is 241 g/mol. The number of aliphatic hydroxyl groups excluding tert-OH is 1. The molecule has 1 atom stereocenters. The van der Waals surface area contributed by atoms with Crippen LogP contribution in [0.15, 0.2) is 12.1 Å². The first-order valence-electron chi connectivity index (χ1n) is 4.72. The van der Waals surface area contributed by atoms with Gasteiger partial charge in [0.05, 0.1) is 11.0 Å². The van der Waals surface area contributed by atoms with Crippen molar-refractivity contribution in [2.24, 2.45) is 0 Å². The van der Waals surface area contributed by atoms with Gasteiger partial charge in [-0.05, 0) is 13.0 Å². The maximum Gasteiger partial charge on any atom is 0.354 e. The summed E-state index contributed by atoms with van der Waals surface area (Å²) in [5, 5.41) is 30.9. The third-order valence-electron chi connectivity index (χ3n) is 1.85. The molecule has 0 aliphatic rings. The fraction of sp³-hybridized carbons (Fsp3) is 0.333. The Morgan fingerprint density at radius 3 is 2.76 bits per heavy atom. The number of pyridine rings is 1. The van der Waals surface area contributed by atoms with Gasteiger partial charge in [0, 0.05) is 12.6 Å². The van der Waals surface area contributed by atoms with E-state index in [0.29, 0.717) is 0 Å². The van der Waals surface area contributed by atoms with E-state index in [1.165, 1.54) is 6.92 Å².